The lowest BCUT2D eigenvalue weighted by molar-refractivity contribution is -0.149. The molecule has 0 radical (unpaired) electrons. The molecule has 1 aliphatic rings. The molecule has 2 aromatic rings. The molecule has 5 nitrogen and oxygen atoms in total. The Morgan fingerprint density at radius 1 is 0.895 bits per heavy atom. The van der Waals surface area contributed by atoms with Gasteiger partial charge in [-0.05, 0) is 55.5 Å². The monoisotopic (exact) mass is 524 g/mol. The van der Waals surface area contributed by atoms with Crippen molar-refractivity contribution in [2.75, 3.05) is 6.61 Å². The maximum Gasteiger partial charge on any atom is 0.309 e. The lowest BCUT2D eigenvalue weighted by Gasteiger charge is -2.43. The van der Waals surface area contributed by atoms with Crippen LogP contribution in [0.2, 0.25) is 0 Å². The zero-order valence-corrected chi connectivity index (χ0v) is 23.7. The first-order valence-electron chi connectivity index (χ1n) is 14.7. The number of aliphatic carboxylic acids is 1. The van der Waals surface area contributed by atoms with Gasteiger partial charge in [-0.1, -0.05) is 96.3 Å². The normalized spacial score (nSPS) is 20.3. The first-order valence-corrected chi connectivity index (χ1v) is 14.7. The second-order valence-electron chi connectivity index (χ2n) is 11.9. The van der Waals surface area contributed by atoms with Gasteiger partial charge < -0.3 is 20.1 Å². The third-order valence-corrected chi connectivity index (χ3v) is 8.77. The minimum absolute atomic E-state index is 0.218. The Hall–Kier alpha value is -2.69. The first kappa shape index (κ1) is 29.9. The van der Waals surface area contributed by atoms with E-state index < -0.39 is 11.4 Å². The molecule has 3 rings (SSSR count). The fourth-order valence-electron chi connectivity index (χ4n) is 6.06. The highest BCUT2D eigenvalue weighted by Crippen LogP contribution is 2.49. The first-order chi connectivity index (χ1) is 18.2. The van der Waals surface area contributed by atoms with E-state index in [4.69, 9.17) is 4.74 Å². The van der Waals surface area contributed by atoms with Crippen molar-refractivity contribution in [1.29, 1.82) is 0 Å². The Kier molecular flexibility index (Phi) is 10.9. The summed E-state index contributed by atoms with van der Waals surface area (Å²) >= 11 is 0. The van der Waals surface area contributed by atoms with Gasteiger partial charge in [-0.2, -0.15) is 0 Å². The van der Waals surface area contributed by atoms with Crippen LogP contribution in [0, 0.1) is 5.41 Å². The number of benzene rings is 2. The lowest BCUT2D eigenvalue weighted by atomic mass is 9.66. The summed E-state index contributed by atoms with van der Waals surface area (Å²) in [5, 5.41) is 29.5. The zero-order chi connectivity index (χ0) is 27.6. The Morgan fingerprint density at radius 2 is 1.47 bits per heavy atom. The Balaban J connectivity index is 1.50. The van der Waals surface area contributed by atoms with Crippen molar-refractivity contribution < 1.29 is 24.9 Å². The van der Waals surface area contributed by atoms with E-state index in [2.05, 4.69) is 13.8 Å². The number of phenolic OH excluding ortho intramolecular Hbond substituents is 2. The van der Waals surface area contributed by atoms with Crippen molar-refractivity contribution >= 4 is 5.97 Å². The van der Waals surface area contributed by atoms with Gasteiger partial charge in [0.25, 0.3) is 0 Å². The zero-order valence-electron chi connectivity index (χ0n) is 23.7. The number of ether oxygens (including phenoxy) is 1. The van der Waals surface area contributed by atoms with Crippen molar-refractivity contribution in [3.63, 3.8) is 0 Å². The summed E-state index contributed by atoms with van der Waals surface area (Å²) in [5.74, 6) is 0.852. The molecule has 0 bridgehead atoms. The number of fused-ring (bicyclic) bond motifs is 1. The molecule has 1 unspecified atom stereocenters. The van der Waals surface area contributed by atoms with Gasteiger partial charge in [0.05, 0.1) is 12.0 Å². The van der Waals surface area contributed by atoms with E-state index >= 15 is 0 Å². The molecular weight excluding hydrogens is 476 g/mol. The van der Waals surface area contributed by atoms with Crippen LogP contribution in [0.1, 0.15) is 121 Å². The number of carboxylic acid groups (broad SMARTS) is 1. The number of aromatic hydroxyl groups is 2. The van der Waals surface area contributed by atoms with E-state index in [9.17, 15) is 20.1 Å². The van der Waals surface area contributed by atoms with Gasteiger partial charge >= 0.3 is 5.97 Å². The Labute approximate surface area is 229 Å². The van der Waals surface area contributed by atoms with Crippen molar-refractivity contribution in [3.8, 4) is 17.2 Å². The lowest BCUT2D eigenvalue weighted by Crippen LogP contribution is -2.40. The summed E-state index contributed by atoms with van der Waals surface area (Å²) in [6.45, 7) is 6.87. The van der Waals surface area contributed by atoms with Crippen molar-refractivity contribution in [2.24, 2.45) is 5.41 Å². The highest BCUT2D eigenvalue weighted by atomic mass is 16.5. The maximum atomic E-state index is 11.9. The fourth-order valence-corrected chi connectivity index (χ4v) is 6.06. The van der Waals surface area contributed by atoms with Crippen molar-refractivity contribution in [2.45, 2.75) is 116 Å². The van der Waals surface area contributed by atoms with Gasteiger partial charge in [0, 0.05) is 17.4 Å². The molecule has 0 aromatic heterocycles. The number of rotatable bonds is 16. The highest BCUT2D eigenvalue weighted by Gasteiger charge is 2.42. The maximum absolute atomic E-state index is 11.9. The topological polar surface area (TPSA) is 87.0 Å². The van der Waals surface area contributed by atoms with Gasteiger partial charge in [0.1, 0.15) is 17.2 Å². The molecule has 1 heterocycles. The van der Waals surface area contributed by atoms with E-state index in [1.807, 2.05) is 25.1 Å². The SMILES string of the molecule is CCCCCCC(C)(CCCCCCCC[C@@H]1c2ccc(O)cc2OC[C@]1(C)c1ccc(O)cc1)C(=O)O. The van der Waals surface area contributed by atoms with E-state index in [1.54, 1.807) is 24.3 Å². The van der Waals surface area contributed by atoms with Gasteiger partial charge in [0.15, 0.2) is 0 Å². The third-order valence-electron chi connectivity index (χ3n) is 8.77. The van der Waals surface area contributed by atoms with Gasteiger partial charge in [-0.25, -0.2) is 0 Å². The molecule has 0 saturated carbocycles. The summed E-state index contributed by atoms with van der Waals surface area (Å²) in [4.78, 5) is 11.9. The predicted octanol–water partition coefficient (Wildman–Crippen LogP) is 8.71. The summed E-state index contributed by atoms with van der Waals surface area (Å²) in [6, 6.07) is 12.9. The minimum Gasteiger partial charge on any atom is -0.508 e. The number of phenols is 2. The molecule has 0 fully saturated rings. The standard InChI is InChI=1S/C33H48O5/c1-4-5-6-12-21-32(2,31(36)37)22-13-10-8-7-9-11-14-29-28-20-19-27(35)23-30(28)38-24-33(29,3)25-15-17-26(34)18-16-25/h15-20,23,29,34-35H,4-14,21-22,24H2,1-3H3,(H,36,37)/t29-,32?,33-/m1/s1. The molecule has 3 atom stereocenters. The van der Waals surface area contributed by atoms with E-state index in [1.165, 1.54) is 12.8 Å². The quantitative estimate of drug-likeness (QED) is 0.191. The van der Waals surface area contributed by atoms with E-state index in [-0.39, 0.29) is 22.8 Å². The van der Waals surface area contributed by atoms with Crippen LogP contribution in [0.3, 0.4) is 0 Å². The summed E-state index contributed by atoms with van der Waals surface area (Å²) in [5.41, 5.74) is 1.47. The fraction of sp³-hybridized carbons (Fsp3) is 0.606. The van der Waals surface area contributed by atoms with Crippen LogP contribution >= 0.6 is 0 Å². The largest absolute Gasteiger partial charge is 0.508 e. The van der Waals surface area contributed by atoms with Crippen LogP contribution < -0.4 is 4.74 Å². The molecule has 38 heavy (non-hydrogen) atoms. The van der Waals surface area contributed by atoms with Crippen molar-refractivity contribution in [3.05, 3.63) is 53.6 Å². The Morgan fingerprint density at radius 3 is 2.11 bits per heavy atom. The molecule has 0 saturated heterocycles. The van der Waals surface area contributed by atoms with Crippen LogP contribution in [0.4, 0.5) is 0 Å². The molecular formula is C33H48O5. The van der Waals surface area contributed by atoms with Crippen LogP contribution in [0.15, 0.2) is 42.5 Å². The molecule has 2 aromatic carbocycles. The smallest absolute Gasteiger partial charge is 0.309 e. The minimum atomic E-state index is -0.643. The Bertz CT molecular complexity index is 1020. The third kappa shape index (κ3) is 7.68. The molecule has 5 heteroatoms. The molecule has 0 amide bonds. The number of carboxylic acids is 1. The molecule has 210 valence electrons. The van der Waals surface area contributed by atoms with E-state index in [0.717, 1.165) is 87.5 Å². The average molecular weight is 525 g/mol. The number of carbonyl (C=O) groups is 1. The average Bonchev–Trinajstić information content (AvgIpc) is 2.89. The summed E-state index contributed by atoms with van der Waals surface area (Å²) in [7, 11) is 0. The van der Waals surface area contributed by atoms with Gasteiger partial charge in [-0.3, -0.25) is 4.79 Å². The highest BCUT2D eigenvalue weighted by molar-refractivity contribution is 5.74. The summed E-state index contributed by atoms with van der Waals surface area (Å²) in [6.07, 6.45) is 13.7. The van der Waals surface area contributed by atoms with Crippen LogP contribution in [-0.2, 0) is 10.2 Å². The molecule has 0 spiro atoms. The van der Waals surface area contributed by atoms with Crippen molar-refractivity contribution in [1.82, 2.24) is 0 Å². The number of hydrogen-bond acceptors (Lipinski definition) is 4. The second kappa shape index (κ2) is 13.9. The predicted molar refractivity (Wildman–Crippen MR) is 153 cm³/mol. The van der Waals surface area contributed by atoms with Crippen LogP contribution in [-0.4, -0.2) is 27.9 Å². The number of hydrogen-bond donors (Lipinski definition) is 3. The molecule has 0 aliphatic carbocycles. The van der Waals surface area contributed by atoms with Crippen LogP contribution in [0.5, 0.6) is 17.2 Å². The number of unbranched alkanes of at least 4 members (excludes halogenated alkanes) is 8. The van der Waals surface area contributed by atoms with Crippen LogP contribution in [0.25, 0.3) is 0 Å². The second-order valence-corrected chi connectivity index (χ2v) is 11.9. The van der Waals surface area contributed by atoms with E-state index in [0.29, 0.717) is 6.61 Å². The molecule has 1 aliphatic heterocycles. The molecule has 3 N–H and O–H groups in total. The van der Waals surface area contributed by atoms with Gasteiger partial charge in [0.2, 0.25) is 0 Å². The van der Waals surface area contributed by atoms with Gasteiger partial charge in [-0.15, -0.1) is 0 Å². The summed E-state index contributed by atoms with van der Waals surface area (Å²) < 4.78 is 6.12.